The number of benzene rings is 2. The Bertz CT molecular complexity index is 1140. The van der Waals surface area contributed by atoms with Gasteiger partial charge in [-0.1, -0.05) is 6.07 Å². The molecule has 5 rings (SSSR count). The number of carbonyl (C=O) groups excluding carboxylic acids is 1. The molecule has 2 aromatic rings. The van der Waals surface area contributed by atoms with E-state index in [4.69, 9.17) is 4.74 Å². The van der Waals surface area contributed by atoms with E-state index < -0.39 is 10.0 Å². The molecule has 188 valence electrons. The van der Waals surface area contributed by atoms with Crippen molar-refractivity contribution in [2.75, 3.05) is 69.2 Å². The lowest BCUT2D eigenvalue weighted by atomic mass is 9.92. The van der Waals surface area contributed by atoms with Gasteiger partial charge in [0.2, 0.25) is 15.9 Å². The van der Waals surface area contributed by atoms with Crippen LogP contribution in [0.3, 0.4) is 0 Å². The smallest absolute Gasteiger partial charge is 0.243 e. The van der Waals surface area contributed by atoms with Gasteiger partial charge in [-0.05, 0) is 73.2 Å². The van der Waals surface area contributed by atoms with Crippen molar-refractivity contribution in [3.8, 4) is 0 Å². The number of anilines is 2. The Balaban J connectivity index is 1.12. The second-order valence-corrected chi connectivity index (χ2v) is 11.5. The molecule has 2 aliphatic heterocycles. The highest BCUT2D eigenvalue weighted by atomic mass is 32.2. The SMILES string of the molecule is O=C(CN1CCN(S(=O)(=O)c2ccc3c(c2)CCCC3)CC1)Nc1ccc(N2CCOCC2)cc1. The highest BCUT2D eigenvalue weighted by Crippen LogP contribution is 2.26. The molecule has 9 heteroatoms. The third-order valence-electron chi connectivity index (χ3n) is 7.18. The zero-order chi connectivity index (χ0) is 24.3. The van der Waals surface area contributed by atoms with Crippen LogP contribution >= 0.6 is 0 Å². The summed E-state index contributed by atoms with van der Waals surface area (Å²) in [6, 6.07) is 13.5. The van der Waals surface area contributed by atoms with Crippen molar-refractivity contribution in [3.05, 3.63) is 53.6 Å². The molecule has 35 heavy (non-hydrogen) atoms. The van der Waals surface area contributed by atoms with Crippen molar-refractivity contribution in [3.63, 3.8) is 0 Å². The van der Waals surface area contributed by atoms with Gasteiger partial charge in [0.25, 0.3) is 0 Å². The second-order valence-electron chi connectivity index (χ2n) is 9.51. The van der Waals surface area contributed by atoms with E-state index in [1.807, 2.05) is 41.3 Å². The Hall–Kier alpha value is -2.46. The first kappa shape index (κ1) is 24.2. The van der Waals surface area contributed by atoms with Crippen LogP contribution in [0.5, 0.6) is 0 Å². The minimum Gasteiger partial charge on any atom is -0.378 e. The summed E-state index contributed by atoms with van der Waals surface area (Å²) in [6.45, 7) is 5.32. The Labute approximate surface area is 207 Å². The number of hydrogen-bond acceptors (Lipinski definition) is 6. The maximum absolute atomic E-state index is 13.2. The van der Waals surface area contributed by atoms with Crippen LogP contribution in [0, 0.1) is 0 Å². The number of morpholine rings is 1. The fourth-order valence-corrected chi connectivity index (χ4v) is 6.60. The van der Waals surface area contributed by atoms with Crippen LogP contribution in [-0.2, 0) is 32.4 Å². The molecule has 3 aliphatic rings. The van der Waals surface area contributed by atoms with Crippen molar-refractivity contribution in [1.29, 1.82) is 0 Å². The van der Waals surface area contributed by atoms with Crippen molar-refractivity contribution >= 4 is 27.3 Å². The maximum Gasteiger partial charge on any atom is 0.243 e. The molecule has 1 amide bonds. The normalized spacial score (nSPS) is 19.8. The van der Waals surface area contributed by atoms with Gasteiger partial charge in [0.15, 0.2) is 0 Å². The van der Waals surface area contributed by atoms with E-state index in [2.05, 4.69) is 10.2 Å². The van der Waals surface area contributed by atoms with Gasteiger partial charge < -0.3 is 15.0 Å². The zero-order valence-electron chi connectivity index (χ0n) is 20.1. The fraction of sp³-hybridized carbons (Fsp3) is 0.500. The van der Waals surface area contributed by atoms with Crippen LogP contribution < -0.4 is 10.2 Å². The lowest BCUT2D eigenvalue weighted by Crippen LogP contribution is -2.50. The van der Waals surface area contributed by atoms with Crippen LogP contribution in [0.25, 0.3) is 0 Å². The van der Waals surface area contributed by atoms with Crippen LogP contribution in [0.1, 0.15) is 24.0 Å². The molecule has 2 saturated heterocycles. The summed E-state index contributed by atoms with van der Waals surface area (Å²) >= 11 is 0. The molecule has 2 heterocycles. The molecule has 0 saturated carbocycles. The fourth-order valence-electron chi connectivity index (χ4n) is 5.13. The van der Waals surface area contributed by atoms with Gasteiger partial charge in [-0.3, -0.25) is 9.69 Å². The second kappa shape index (κ2) is 10.7. The minimum atomic E-state index is -3.52. The minimum absolute atomic E-state index is 0.0879. The van der Waals surface area contributed by atoms with Crippen LogP contribution in [0.4, 0.5) is 11.4 Å². The number of nitrogens with one attached hydrogen (secondary N) is 1. The standard InChI is InChI=1S/C26H34N4O4S/c31-26(27-23-6-8-24(9-7-23)29-15-17-34-18-16-29)20-28-11-13-30(14-12-28)35(32,33)25-10-5-21-3-1-2-4-22(21)19-25/h5-10,19H,1-4,11-18,20H2,(H,27,31). The molecule has 2 aromatic carbocycles. The average molecular weight is 499 g/mol. The van der Waals surface area contributed by atoms with E-state index in [9.17, 15) is 13.2 Å². The molecule has 2 fully saturated rings. The zero-order valence-corrected chi connectivity index (χ0v) is 20.9. The summed E-state index contributed by atoms with van der Waals surface area (Å²) < 4.78 is 33.4. The molecule has 1 aliphatic carbocycles. The molecular formula is C26H34N4O4S. The van der Waals surface area contributed by atoms with Gasteiger partial charge in [-0.15, -0.1) is 0 Å². The molecule has 8 nitrogen and oxygen atoms in total. The number of nitrogens with zero attached hydrogens (tertiary/aromatic N) is 3. The number of rotatable bonds is 6. The highest BCUT2D eigenvalue weighted by molar-refractivity contribution is 7.89. The molecule has 0 aromatic heterocycles. The largest absolute Gasteiger partial charge is 0.378 e. The van der Waals surface area contributed by atoms with Gasteiger partial charge in [-0.2, -0.15) is 4.31 Å². The summed E-state index contributed by atoms with van der Waals surface area (Å²) in [5.41, 5.74) is 4.34. The monoisotopic (exact) mass is 498 g/mol. The number of amides is 1. The first-order valence-corrected chi connectivity index (χ1v) is 14.0. The van der Waals surface area contributed by atoms with Crippen molar-refractivity contribution in [2.45, 2.75) is 30.6 Å². The van der Waals surface area contributed by atoms with Crippen LogP contribution in [0.2, 0.25) is 0 Å². The first-order valence-electron chi connectivity index (χ1n) is 12.6. The average Bonchev–Trinajstić information content (AvgIpc) is 2.89. The van der Waals surface area contributed by atoms with Crippen molar-refractivity contribution < 1.29 is 17.9 Å². The van der Waals surface area contributed by atoms with E-state index in [1.54, 1.807) is 10.4 Å². The Morgan fingerprint density at radius 2 is 1.54 bits per heavy atom. The van der Waals surface area contributed by atoms with Gasteiger partial charge in [0.05, 0.1) is 24.7 Å². The summed E-state index contributed by atoms with van der Waals surface area (Å²) in [5, 5.41) is 2.96. The highest BCUT2D eigenvalue weighted by Gasteiger charge is 2.29. The summed E-state index contributed by atoms with van der Waals surface area (Å²) in [6.07, 6.45) is 4.29. The van der Waals surface area contributed by atoms with Gasteiger partial charge >= 0.3 is 0 Å². The molecule has 0 bridgehead atoms. The molecule has 0 atom stereocenters. The molecule has 0 unspecified atom stereocenters. The van der Waals surface area contributed by atoms with Gasteiger partial charge in [-0.25, -0.2) is 8.42 Å². The first-order chi connectivity index (χ1) is 17.0. The predicted molar refractivity (Wildman–Crippen MR) is 136 cm³/mol. The molecule has 0 radical (unpaired) electrons. The number of aryl methyl sites for hydroxylation is 2. The predicted octanol–water partition coefficient (Wildman–Crippen LogP) is 2.35. The number of ether oxygens (including phenoxy) is 1. The number of piperazine rings is 1. The van der Waals surface area contributed by atoms with E-state index in [0.29, 0.717) is 31.1 Å². The van der Waals surface area contributed by atoms with E-state index in [0.717, 1.165) is 56.9 Å². The van der Waals surface area contributed by atoms with Crippen LogP contribution in [-0.4, -0.2) is 82.6 Å². The summed E-state index contributed by atoms with van der Waals surface area (Å²) in [5.74, 6) is -0.0879. The van der Waals surface area contributed by atoms with Gasteiger partial charge in [0.1, 0.15) is 0 Å². The third kappa shape index (κ3) is 5.69. The molecular weight excluding hydrogens is 464 g/mol. The quantitative estimate of drug-likeness (QED) is 0.659. The van der Waals surface area contributed by atoms with E-state index in [1.165, 1.54) is 17.5 Å². The number of fused-ring (bicyclic) bond motifs is 1. The molecule has 1 N–H and O–H groups in total. The number of hydrogen-bond donors (Lipinski definition) is 1. The number of sulfonamides is 1. The van der Waals surface area contributed by atoms with Crippen LogP contribution in [0.15, 0.2) is 47.4 Å². The van der Waals surface area contributed by atoms with E-state index in [-0.39, 0.29) is 12.5 Å². The summed E-state index contributed by atoms with van der Waals surface area (Å²) in [4.78, 5) is 17.3. The Morgan fingerprint density at radius 3 is 2.26 bits per heavy atom. The van der Waals surface area contributed by atoms with Crippen molar-refractivity contribution in [2.24, 2.45) is 0 Å². The topological polar surface area (TPSA) is 82.2 Å². The Kier molecular flexibility index (Phi) is 7.38. The van der Waals surface area contributed by atoms with E-state index >= 15 is 0 Å². The lowest BCUT2D eigenvalue weighted by molar-refractivity contribution is -0.117. The van der Waals surface area contributed by atoms with Gasteiger partial charge in [0, 0.05) is 50.6 Å². The number of carbonyl (C=O) groups is 1. The lowest BCUT2D eigenvalue weighted by Gasteiger charge is -2.33. The summed E-state index contributed by atoms with van der Waals surface area (Å²) in [7, 11) is -3.52. The van der Waals surface area contributed by atoms with Crippen molar-refractivity contribution in [1.82, 2.24) is 9.21 Å². The Morgan fingerprint density at radius 1 is 0.857 bits per heavy atom. The molecule has 0 spiro atoms. The third-order valence-corrected chi connectivity index (χ3v) is 9.08. The maximum atomic E-state index is 13.2.